The fourth-order valence-electron chi connectivity index (χ4n) is 3.60. The second kappa shape index (κ2) is 6.63. The average molecular weight is 328 g/mol. The molecular formula is C19H30N5+. The highest BCUT2D eigenvalue weighted by Crippen LogP contribution is 2.23. The van der Waals surface area contributed by atoms with Crippen molar-refractivity contribution >= 4 is 0 Å². The molecule has 1 atom stereocenters. The summed E-state index contributed by atoms with van der Waals surface area (Å²) in [6, 6.07) is 9.07. The predicted octanol–water partition coefficient (Wildman–Crippen LogP) is 2.14. The molecule has 0 amide bonds. The highest BCUT2D eigenvalue weighted by Gasteiger charge is 2.35. The molecule has 1 aliphatic rings. The maximum atomic E-state index is 4.46. The SMILES string of the molecule is Cc1ccc([C@@H](c2nnnn2C(C)(C)C)[NH+]2CCC(C)CC2)cc1. The first-order valence-corrected chi connectivity index (χ1v) is 9.06. The molecule has 2 aromatic rings. The number of benzene rings is 1. The summed E-state index contributed by atoms with van der Waals surface area (Å²) in [5.74, 6) is 1.81. The maximum Gasteiger partial charge on any atom is 0.214 e. The van der Waals surface area contributed by atoms with Gasteiger partial charge in [0, 0.05) is 5.56 Å². The molecule has 24 heavy (non-hydrogen) atoms. The zero-order chi connectivity index (χ0) is 17.3. The van der Waals surface area contributed by atoms with Gasteiger partial charge in [-0.15, -0.1) is 5.10 Å². The van der Waals surface area contributed by atoms with E-state index in [1.54, 1.807) is 4.90 Å². The van der Waals surface area contributed by atoms with Gasteiger partial charge in [-0.05, 0) is 56.9 Å². The van der Waals surface area contributed by atoms with E-state index in [1.165, 1.54) is 37.1 Å². The molecule has 0 aliphatic carbocycles. The largest absolute Gasteiger partial charge is 0.322 e. The van der Waals surface area contributed by atoms with Gasteiger partial charge in [-0.2, -0.15) is 0 Å². The fourth-order valence-corrected chi connectivity index (χ4v) is 3.60. The molecule has 1 saturated heterocycles. The molecule has 1 aliphatic heterocycles. The number of quaternary nitrogens is 1. The molecule has 1 N–H and O–H groups in total. The minimum absolute atomic E-state index is 0.121. The normalized spacial score (nSPS) is 23.2. The molecule has 5 nitrogen and oxygen atoms in total. The number of likely N-dealkylation sites (tertiary alicyclic amines) is 1. The summed E-state index contributed by atoms with van der Waals surface area (Å²) in [6.45, 7) is 13.3. The van der Waals surface area contributed by atoms with Gasteiger partial charge in [-0.1, -0.05) is 36.8 Å². The van der Waals surface area contributed by atoms with E-state index in [0.717, 1.165) is 11.7 Å². The van der Waals surface area contributed by atoms with Gasteiger partial charge in [-0.25, -0.2) is 4.68 Å². The molecule has 1 fully saturated rings. The lowest BCUT2D eigenvalue weighted by Crippen LogP contribution is -3.13. The van der Waals surface area contributed by atoms with Gasteiger partial charge in [-0.3, -0.25) is 0 Å². The zero-order valence-corrected chi connectivity index (χ0v) is 15.6. The number of tetrazole rings is 1. The Morgan fingerprint density at radius 1 is 1.12 bits per heavy atom. The molecule has 0 spiro atoms. The second-order valence-electron chi connectivity index (χ2n) is 8.30. The number of aryl methyl sites for hydroxylation is 1. The molecule has 0 bridgehead atoms. The van der Waals surface area contributed by atoms with Crippen molar-refractivity contribution in [3.63, 3.8) is 0 Å². The Morgan fingerprint density at radius 2 is 1.75 bits per heavy atom. The number of hydrogen-bond acceptors (Lipinski definition) is 3. The smallest absolute Gasteiger partial charge is 0.214 e. The Labute approximate surface area is 145 Å². The first-order chi connectivity index (χ1) is 11.4. The minimum atomic E-state index is -0.121. The van der Waals surface area contributed by atoms with E-state index in [4.69, 9.17) is 0 Å². The van der Waals surface area contributed by atoms with Crippen LogP contribution in [0.1, 0.15) is 63.5 Å². The molecule has 5 heteroatoms. The Hall–Kier alpha value is -1.75. The van der Waals surface area contributed by atoms with Gasteiger partial charge in [0.25, 0.3) is 0 Å². The van der Waals surface area contributed by atoms with Gasteiger partial charge in [0.1, 0.15) is 0 Å². The third-order valence-electron chi connectivity index (χ3n) is 5.12. The predicted molar refractivity (Wildman–Crippen MR) is 94.9 cm³/mol. The monoisotopic (exact) mass is 328 g/mol. The van der Waals surface area contributed by atoms with E-state index in [0.29, 0.717) is 0 Å². The first-order valence-electron chi connectivity index (χ1n) is 9.06. The lowest BCUT2D eigenvalue weighted by molar-refractivity contribution is -0.932. The van der Waals surface area contributed by atoms with Crippen molar-refractivity contribution in [2.45, 2.75) is 59.0 Å². The van der Waals surface area contributed by atoms with E-state index < -0.39 is 0 Å². The van der Waals surface area contributed by atoms with Crippen molar-refractivity contribution in [1.29, 1.82) is 0 Å². The molecule has 0 saturated carbocycles. The average Bonchev–Trinajstić information content (AvgIpc) is 3.01. The van der Waals surface area contributed by atoms with Crippen LogP contribution >= 0.6 is 0 Å². The minimum Gasteiger partial charge on any atom is -0.322 e. The summed E-state index contributed by atoms with van der Waals surface area (Å²) in [5.41, 5.74) is 2.48. The summed E-state index contributed by atoms with van der Waals surface area (Å²) in [4.78, 5) is 1.58. The Balaban J connectivity index is 2.02. The van der Waals surface area contributed by atoms with E-state index in [9.17, 15) is 0 Å². The van der Waals surface area contributed by atoms with E-state index >= 15 is 0 Å². The molecule has 130 valence electrons. The summed E-state index contributed by atoms with van der Waals surface area (Å²) >= 11 is 0. The van der Waals surface area contributed by atoms with Crippen molar-refractivity contribution < 1.29 is 4.90 Å². The fraction of sp³-hybridized carbons (Fsp3) is 0.632. The third kappa shape index (κ3) is 3.51. The number of nitrogens with zero attached hydrogens (tertiary/aromatic N) is 4. The van der Waals surface area contributed by atoms with Crippen LogP contribution in [0.25, 0.3) is 0 Å². The Bertz CT molecular complexity index is 660. The van der Waals surface area contributed by atoms with Crippen LogP contribution in [0, 0.1) is 12.8 Å². The van der Waals surface area contributed by atoms with E-state index in [2.05, 4.69) is 74.4 Å². The quantitative estimate of drug-likeness (QED) is 0.939. The number of rotatable bonds is 3. The molecule has 1 aromatic carbocycles. The molecular weight excluding hydrogens is 298 g/mol. The summed E-state index contributed by atoms with van der Waals surface area (Å²) in [7, 11) is 0. The van der Waals surface area contributed by atoms with Crippen LogP contribution in [0.5, 0.6) is 0 Å². The van der Waals surface area contributed by atoms with Crippen molar-refractivity contribution in [3.05, 3.63) is 41.2 Å². The lowest BCUT2D eigenvalue weighted by atomic mass is 9.94. The Morgan fingerprint density at radius 3 is 2.33 bits per heavy atom. The van der Waals surface area contributed by atoms with Crippen molar-refractivity contribution in [2.75, 3.05) is 13.1 Å². The van der Waals surface area contributed by atoms with Crippen LogP contribution in [0.3, 0.4) is 0 Å². The Kier molecular flexibility index (Phi) is 4.72. The van der Waals surface area contributed by atoms with Crippen molar-refractivity contribution in [2.24, 2.45) is 5.92 Å². The number of aromatic nitrogens is 4. The van der Waals surface area contributed by atoms with Crippen molar-refractivity contribution in [3.8, 4) is 0 Å². The summed E-state index contributed by atoms with van der Waals surface area (Å²) in [5, 5.41) is 12.8. The van der Waals surface area contributed by atoms with Gasteiger partial charge in [0.05, 0.1) is 18.6 Å². The van der Waals surface area contributed by atoms with E-state index in [1.807, 2.05) is 4.68 Å². The van der Waals surface area contributed by atoms with Gasteiger partial charge in [0.15, 0.2) is 6.04 Å². The third-order valence-corrected chi connectivity index (χ3v) is 5.12. The van der Waals surface area contributed by atoms with Crippen LogP contribution < -0.4 is 4.90 Å². The van der Waals surface area contributed by atoms with Crippen LogP contribution in [0.2, 0.25) is 0 Å². The summed E-state index contributed by atoms with van der Waals surface area (Å²) in [6.07, 6.45) is 2.55. The van der Waals surface area contributed by atoms with Crippen LogP contribution in [-0.4, -0.2) is 33.3 Å². The van der Waals surface area contributed by atoms with Crippen LogP contribution in [0.15, 0.2) is 24.3 Å². The van der Waals surface area contributed by atoms with Crippen LogP contribution in [0.4, 0.5) is 0 Å². The van der Waals surface area contributed by atoms with Gasteiger partial charge in [0.2, 0.25) is 5.82 Å². The molecule has 1 aromatic heterocycles. The molecule has 0 unspecified atom stereocenters. The van der Waals surface area contributed by atoms with Gasteiger partial charge < -0.3 is 4.90 Å². The first kappa shape index (κ1) is 17.1. The topological polar surface area (TPSA) is 48.0 Å². The highest BCUT2D eigenvalue weighted by molar-refractivity contribution is 5.26. The molecule has 2 heterocycles. The number of piperidine rings is 1. The molecule has 3 rings (SSSR count). The second-order valence-corrected chi connectivity index (χ2v) is 8.30. The van der Waals surface area contributed by atoms with Crippen molar-refractivity contribution in [1.82, 2.24) is 20.2 Å². The lowest BCUT2D eigenvalue weighted by Gasteiger charge is -2.34. The number of hydrogen-bond donors (Lipinski definition) is 1. The summed E-state index contributed by atoms with van der Waals surface area (Å²) < 4.78 is 2.00. The zero-order valence-electron chi connectivity index (χ0n) is 15.6. The molecule has 0 radical (unpaired) electrons. The van der Waals surface area contributed by atoms with E-state index in [-0.39, 0.29) is 11.6 Å². The van der Waals surface area contributed by atoms with Gasteiger partial charge >= 0.3 is 0 Å². The highest BCUT2D eigenvalue weighted by atomic mass is 15.6. The maximum absolute atomic E-state index is 4.46. The standard InChI is InChI=1S/C19H29N5/c1-14-6-8-16(9-7-14)17(23-12-10-15(2)11-13-23)18-20-21-22-24(18)19(3,4)5/h6-9,15,17H,10-13H2,1-5H3/p+1/t17-/m0/s1. The van der Waals surface area contributed by atoms with Crippen LogP contribution in [-0.2, 0) is 5.54 Å². The number of nitrogens with one attached hydrogen (secondary N) is 1.